The minimum atomic E-state index is -0.861. The summed E-state index contributed by atoms with van der Waals surface area (Å²) in [6.45, 7) is 0.626. The molecule has 0 fully saturated rings. The summed E-state index contributed by atoms with van der Waals surface area (Å²) >= 11 is 0. The number of hydrogen-bond acceptors (Lipinski definition) is 2. The van der Waals surface area contributed by atoms with Gasteiger partial charge in [0.05, 0.1) is 0 Å². The summed E-state index contributed by atoms with van der Waals surface area (Å²) in [4.78, 5) is 11.0. The van der Waals surface area contributed by atoms with Gasteiger partial charge >= 0.3 is 0 Å². The van der Waals surface area contributed by atoms with Crippen LogP contribution in [-0.2, 0) is 13.1 Å². The van der Waals surface area contributed by atoms with Gasteiger partial charge < -0.3 is 11.1 Å². The third-order valence-electron chi connectivity index (χ3n) is 2.89. The van der Waals surface area contributed by atoms with Gasteiger partial charge in [-0.3, -0.25) is 4.79 Å². The van der Waals surface area contributed by atoms with E-state index in [0.717, 1.165) is 11.6 Å². The Morgan fingerprint density at radius 3 is 2.60 bits per heavy atom. The molecule has 2 rings (SSSR count). The van der Waals surface area contributed by atoms with Crippen molar-refractivity contribution < 1.29 is 13.6 Å². The molecular weight excluding hydrogens is 262 g/mol. The highest BCUT2D eigenvalue weighted by Crippen LogP contribution is 2.11. The Labute approximate surface area is 115 Å². The summed E-state index contributed by atoms with van der Waals surface area (Å²) in [5.74, 6) is -2.20. The van der Waals surface area contributed by atoms with Gasteiger partial charge in [-0.05, 0) is 23.8 Å². The first-order valence-electron chi connectivity index (χ1n) is 6.10. The Morgan fingerprint density at radius 1 is 1.10 bits per heavy atom. The number of benzene rings is 2. The van der Waals surface area contributed by atoms with Gasteiger partial charge in [-0.2, -0.15) is 0 Å². The summed E-state index contributed by atoms with van der Waals surface area (Å²) in [5.41, 5.74) is 6.71. The lowest BCUT2D eigenvalue weighted by Crippen LogP contribution is -2.15. The molecule has 0 aliphatic heterocycles. The number of carbonyl (C=O) groups is 1. The average molecular weight is 276 g/mol. The molecule has 5 heteroatoms. The third-order valence-corrected chi connectivity index (χ3v) is 2.89. The van der Waals surface area contributed by atoms with Crippen LogP contribution < -0.4 is 11.1 Å². The van der Waals surface area contributed by atoms with Crippen molar-refractivity contribution in [2.75, 3.05) is 0 Å². The zero-order valence-electron chi connectivity index (χ0n) is 10.7. The fourth-order valence-electron chi connectivity index (χ4n) is 1.86. The number of rotatable bonds is 5. The van der Waals surface area contributed by atoms with Gasteiger partial charge in [-0.25, -0.2) is 8.78 Å². The van der Waals surface area contributed by atoms with E-state index in [-0.39, 0.29) is 12.1 Å². The second kappa shape index (κ2) is 6.25. The molecule has 2 aromatic carbocycles. The van der Waals surface area contributed by atoms with E-state index in [0.29, 0.717) is 12.1 Å². The maximum Gasteiger partial charge on any atom is 0.248 e. The Kier molecular flexibility index (Phi) is 4.42. The minimum absolute atomic E-state index is 0.199. The van der Waals surface area contributed by atoms with Crippen LogP contribution >= 0.6 is 0 Å². The monoisotopic (exact) mass is 276 g/mol. The minimum Gasteiger partial charge on any atom is -0.366 e. The van der Waals surface area contributed by atoms with Crippen molar-refractivity contribution in [1.82, 2.24) is 5.32 Å². The molecular formula is C15H14F2N2O. The molecule has 0 aliphatic rings. The molecule has 0 spiro atoms. The number of primary amides is 1. The van der Waals surface area contributed by atoms with Crippen molar-refractivity contribution >= 4 is 5.91 Å². The Hall–Kier alpha value is -2.27. The largest absolute Gasteiger partial charge is 0.366 e. The molecule has 0 aliphatic carbocycles. The lowest BCUT2D eigenvalue weighted by molar-refractivity contribution is 0.1000. The maximum absolute atomic E-state index is 13.4. The second-order valence-corrected chi connectivity index (χ2v) is 4.38. The van der Waals surface area contributed by atoms with E-state index in [1.165, 1.54) is 12.1 Å². The van der Waals surface area contributed by atoms with Crippen molar-refractivity contribution in [3.63, 3.8) is 0 Å². The molecule has 0 radical (unpaired) electrons. The first-order valence-corrected chi connectivity index (χ1v) is 6.10. The van der Waals surface area contributed by atoms with Crippen LogP contribution in [0.1, 0.15) is 21.5 Å². The van der Waals surface area contributed by atoms with Gasteiger partial charge in [0, 0.05) is 24.2 Å². The summed E-state index contributed by atoms with van der Waals surface area (Å²) in [7, 11) is 0. The van der Waals surface area contributed by atoms with E-state index in [1.807, 2.05) is 6.07 Å². The standard InChI is InChI=1S/C15H14F2N2O/c16-13-6-2-5-12(14(13)17)9-19-8-10-3-1-4-11(7-10)15(18)20/h1-7,19H,8-9H2,(H2,18,20). The first kappa shape index (κ1) is 14.1. The molecule has 0 aromatic heterocycles. The molecule has 20 heavy (non-hydrogen) atoms. The molecule has 1 amide bonds. The van der Waals surface area contributed by atoms with Gasteiger partial charge in [-0.1, -0.05) is 24.3 Å². The van der Waals surface area contributed by atoms with Gasteiger partial charge in [0.25, 0.3) is 0 Å². The summed E-state index contributed by atoms with van der Waals surface area (Å²) in [5, 5.41) is 2.99. The molecule has 0 atom stereocenters. The highest BCUT2D eigenvalue weighted by molar-refractivity contribution is 5.92. The topological polar surface area (TPSA) is 55.1 Å². The van der Waals surface area contributed by atoms with E-state index in [2.05, 4.69) is 5.32 Å². The summed E-state index contributed by atoms with van der Waals surface area (Å²) in [6.07, 6.45) is 0. The predicted octanol–water partition coefficient (Wildman–Crippen LogP) is 2.35. The van der Waals surface area contributed by atoms with E-state index in [9.17, 15) is 13.6 Å². The quantitative estimate of drug-likeness (QED) is 0.880. The molecule has 3 N–H and O–H groups in total. The molecule has 0 heterocycles. The van der Waals surface area contributed by atoms with E-state index in [4.69, 9.17) is 5.73 Å². The number of nitrogens with one attached hydrogen (secondary N) is 1. The molecule has 0 bridgehead atoms. The predicted molar refractivity (Wildman–Crippen MR) is 71.9 cm³/mol. The number of amides is 1. The number of nitrogens with two attached hydrogens (primary N) is 1. The fourth-order valence-corrected chi connectivity index (χ4v) is 1.86. The van der Waals surface area contributed by atoms with Crippen LogP contribution in [0.4, 0.5) is 8.78 Å². The van der Waals surface area contributed by atoms with Crippen molar-refractivity contribution in [1.29, 1.82) is 0 Å². The fraction of sp³-hybridized carbons (Fsp3) is 0.133. The zero-order chi connectivity index (χ0) is 14.5. The van der Waals surface area contributed by atoms with Gasteiger partial charge in [0.15, 0.2) is 11.6 Å². The maximum atomic E-state index is 13.4. The van der Waals surface area contributed by atoms with Crippen molar-refractivity contribution in [3.8, 4) is 0 Å². The van der Waals surface area contributed by atoms with Crippen molar-refractivity contribution in [2.45, 2.75) is 13.1 Å². The highest BCUT2D eigenvalue weighted by atomic mass is 19.2. The van der Waals surface area contributed by atoms with Crippen LogP contribution in [-0.4, -0.2) is 5.91 Å². The van der Waals surface area contributed by atoms with Crippen molar-refractivity contribution in [3.05, 3.63) is 70.8 Å². The van der Waals surface area contributed by atoms with Gasteiger partial charge in [-0.15, -0.1) is 0 Å². The molecule has 0 saturated heterocycles. The Bertz CT molecular complexity index is 629. The lowest BCUT2D eigenvalue weighted by Gasteiger charge is -2.07. The van der Waals surface area contributed by atoms with Crippen LogP contribution in [0.25, 0.3) is 0 Å². The lowest BCUT2D eigenvalue weighted by atomic mass is 10.1. The number of carbonyl (C=O) groups excluding carboxylic acids is 1. The first-order chi connectivity index (χ1) is 9.58. The third kappa shape index (κ3) is 3.39. The molecule has 3 nitrogen and oxygen atoms in total. The molecule has 0 saturated carbocycles. The Morgan fingerprint density at radius 2 is 1.85 bits per heavy atom. The molecule has 2 aromatic rings. The van der Waals surface area contributed by atoms with Crippen LogP contribution in [0.3, 0.4) is 0 Å². The number of hydrogen-bond donors (Lipinski definition) is 2. The summed E-state index contributed by atoms with van der Waals surface area (Å²) in [6, 6.07) is 10.9. The van der Waals surface area contributed by atoms with Crippen molar-refractivity contribution in [2.24, 2.45) is 5.73 Å². The van der Waals surface area contributed by atoms with E-state index >= 15 is 0 Å². The van der Waals surface area contributed by atoms with Crippen LogP contribution in [0, 0.1) is 11.6 Å². The zero-order valence-corrected chi connectivity index (χ0v) is 10.7. The normalized spacial score (nSPS) is 10.5. The smallest absolute Gasteiger partial charge is 0.248 e. The SMILES string of the molecule is NC(=O)c1cccc(CNCc2cccc(F)c2F)c1. The van der Waals surface area contributed by atoms with Crippen LogP contribution in [0.15, 0.2) is 42.5 Å². The van der Waals surface area contributed by atoms with Crippen LogP contribution in [0.2, 0.25) is 0 Å². The summed E-state index contributed by atoms with van der Waals surface area (Å²) < 4.78 is 26.4. The van der Waals surface area contributed by atoms with E-state index in [1.54, 1.807) is 18.2 Å². The molecule has 104 valence electrons. The molecule has 0 unspecified atom stereocenters. The second-order valence-electron chi connectivity index (χ2n) is 4.38. The van der Waals surface area contributed by atoms with Gasteiger partial charge in [0.1, 0.15) is 0 Å². The number of halogens is 2. The highest BCUT2D eigenvalue weighted by Gasteiger charge is 2.07. The van der Waals surface area contributed by atoms with Gasteiger partial charge in [0.2, 0.25) is 5.91 Å². The van der Waals surface area contributed by atoms with Crippen LogP contribution in [0.5, 0.6) is 0 Å². The average Bonchev–Trinajstić information content (AvgIpc) is 2.44. The Balaban J connectivity index is 1.98. The van der Waals surface area contributed by atoms with E-state index < -0.39 is 17.5 Å².